The van der Waals surface area contributed by atoms with Gasteiger partial charge in [-0.05, 0) is 13.0 Å². The Morgan fingerprint density at radius 2 is 2.05 bits per heavy atom. The van der Waals surface area contributed by atoms with Crippen LogP contribution in [0.2, 0.25) is 0 Å². The van der Waals surface area contributed by atoms with Crippen LogP contribution in [-0.4, -0.2) is 29.2 Å². The van der Waals surface area contributed by atoms with Gasteiger partial charge in [0, 0.05) is 6.07 Å². The maximum atomic E-state index is 13.0. The molecular weight excluding hydrogens is 294 g/mol. The van der Waals surface area contributed by atoms with E-state index in [1.54, 1.807) is 0 Å². The van der Waals surface area contributed by atoms with E-state index in [1.165, 1.54) is 13.0 Å². The van der Waals surface area contributed by atoms with Gasteiger partial charge in [-0.25, -0.2) is 14.5 Å². The fourth-order valence-corrected chi connectivity index (χ4v) is 1.35. The molecule has 0 saturated carbocycles. The largest absolute Gasteiger partial charge is 0.480 e. The molecule has 0 aromatic carbocycles. The normalized spacial score (nSPS) is 13.7. The molecule has 1 aromatic heterocycles. The first-order valence-electron chi connectivity index (χ1n) is 5.48. The summed E-state index contributed by atoms with van der Waals surface area (Å²) < 4.78 is 55.7. The van der Waals surface area contributed by atoms with Crippen molar-refractivity contribution in [3.05, 3.63) is 52.0 Å². The highest BCUT2D eigenvalue weighted by molar-refractivity contribution is 5.97. The van der Waals surface area contributed by atoms with E-state index in [0.717, 1.165) is 13.2 Å². The number of H-pyrrole nitrogens is 1. The summed E-state index contributed by atoms with van der Waals surface area (Å²) in [5, 5.41) is 5.69. The molecule has 0 bridgehead atoms. The van der Waals surface area contributed by atoms with Crippen LogP contribution in [0.5, 0.6) is 0 Å². The van der Waals surface area contributed by atoms with E-state index in [4.69, 9.17) is 0 Å². The Labute approximate surface area is 116 Å². The Kier molecular flexibility index (Phi) is 5.01. The molecule has 0 aliphatic heterocycles. The Morgan fingerprint density at radius 3 is 2.43 bits per heavy atom. The van der Waals surface area contributed by atoms with Gasteiger partial charge in [0.05, 0.1) is 12.8 Å². The fraction of sp³-hybridized carbons (Fsp3) is 0.250. The number of ether oxygens (including phenoxy) is 1. The Hall–Kier alpha value is -2.45. The first-order chi connectivity index (χ1) is 9.66. The summed E-state index contributed by atoms with van der Waals surface area (Å²) in [4.78, 5) is 14.4. The van der Waals surface area contributed by atoms with E-state index in [1.807, 2.05) is 0 Å². The van der Waals surface area contributed by atoms with Crippen molar-refractivity contribution >= 4 is 5.71 Å². The molecule has 1 aromatic rings. The van der Waals surface area contributed by atoms with Crippen molar-refractivity contribution in [3.8, 4) is 0 Å². The zero-order valence-electron chi connectivity index (χ0n) is 11.1. The summed E-state index contributed by atoms with van der Waals surface area (Å²) in [5.41, 5.74) is -2.10. The quantitative estimate of drug-likeness (QED) is 0.402. The average Bonchev–Trinajstić information content (AvgIpc) is 2.36. The highest BCUT2D eigenvalue weighted by Crippen LogP contribution is 2.34. The molecule has 0 unspecified atom stereocenters. The lowest BCUT2D eigenvalue weighted by molar-refractivity contribution is -0.0943. The molecule has 21 heavy (non-hydrogen) atoms. The van der Waals surface area contributed by atoms with Gasteiger partial charge in [-0.1, -0.05) is 6.58 Å². The van der Waals surface area contributed by atoms with E-state index in [0.29, 0.717) is 0 Å². The van der Waals surface area contributed by atoms with Crippen molar-refractivity contribution in [3.63, 3.8) is 0 Å². The summed E-state index contributed by atoms with van der Waals surface area (Å²) in [6.07, 6.45) is -5.01. The predicted octanol–water partition coefficient (Wildman–Crippen LogP) is 2.48. The second-order valence-corrected chi connectivity index (χ2v) is 3.79. The minimum atomic E-state index is -5.01. The van der Waals surface area contributed by atoms with Gasteiger partial charge in [0.25, 0.3) is 5.56 Å². The summed E-state index contributed by atoms with van der Waals surface area (Å²) in [5.74, 6) is -2.70. The maximum Gasteiger partial charge on any atom is 0.424 e. The molecule has 0 saturated heterocycles. The number of halogens is 4. The van der Waals surface area contributed by atoms with Gasteiger partial charge in [-0.15, -0.1) is 0 Å². The van der Waals surface area contributed by atoms with E-state index in [2.05, 4.69) is 26.5 Å². The van der Waals surface area contributed by atoms with Crippen LogP contribution in [0.3, 0.4) is 0 Å². The minimum absolute atomic E-state index is 0.00824. The topological polar surface area (TPSA) is 67.3 Å². The van der Waals surface area contributed by atoms with Gasteiger partial charge >= 0.3 is 6.18 Å². The Morgan fingerprint density at radius 1 is 1.43 bits per heavy atom. The summed E-state index contributed by atoms with van der Waals surface area (Å²) in [6, 6.07) is 2.37. The highest BCUT2D eigenvalue weighted by atomic mass is 19.4. The van der Waals surface area contributed by atoms with E-state index in [-0.39, 0.29) is 11.4 Å². The molecule has 0 amide bonds. The first-order valence-corrected chi connectivity index (χ1v) is 5.48. The SMILES string of the molecule is C=C(F)/C(=C(\N=C(C)c1ccc(=O)[nH]n1)OC)C(F)(F)F. The van der Waals surface area contributed by atoms with Gasteiger partial charge in [0.1, 0.15) is 11.5 Å². The zero-order valence-corrected chi connectivity index (χ0v) is 11.1. The number of aliphatic imine (C=N–C) groups is 1. The molecule has 0 spiro atoms. The molecule has 0 aliphatic carbocycles. The Bertz CT molecular complexity index is 639. The van der Waals surface area contributed by atoms with Crippen LogP contribution in [0.4, 0.5) is 17.6 Å². The van der Waals surface area contributed by atoms with Crippen molar-refractivity contribution in [2.24, 2.45) is 4.99 Å². The number of alkyl halides is 3. The van der Waals surface area contributed by atoms with E-state index >= 15 is 0 Å². The third-order valence-electron chi connectivity index (χ3n) is 2.28. The zero-order chi connectivity index (χ0) is 16.2. The van der Waals surface area contributed by atoms with Crippen LogP contribution in [0.15, 0.2) is 45.8 Å². The molecule has 1 heterocycles. The standard InChI is InChI=1S/C12H11F4N3O2/c1-6(13)10(12(14,15)16)11(21-3)17-7(2)8-4-5-9(20)19-18-8/h4-5H,1H2,2-3H3,(H,19,20)/b11-10-,17-7?. The van der Waals surface area contributed by atoms with Crippen molar-refractivity contribution in [2.75, 3.05) is 7.11 Å². The van der Waals surface area contributed by atoms with Gasteiger partial charge in [-0.3, -0.25) is 4.79 Å². The number of aromatic nitrogens is 2. The minimum Gasteiger partial charge on any atom is -0.480 e. The molecule has 1 rings (SSSR count). The van der Waals surface area contributed by atoms with Crippen molar-refractivity contribution < 1.29 is 22.3 Å². The molecule has 9 heteroatoms. The number of nitrogens with zero attached hydrogens (tertiary/aromatic N) is 2. The molecular formula is C12H11F4N3O2. The number of hydrogen-bond donors (Lipinski definition) is 1. The second-order valence-electron chi connectivity index (χ2n) is 3.79. The third kappa shape index (κ3) is 4.26. The summed E-state index contributed by atoms with van der Waals surface area (Å²) in [6.45, 7) is 3.95. The van der Waals surface area contributed by atoms with Crippen LogP contribution in [0, 0.1) is 0 Å². The number of rotatable bonds is 4. The average molecular weight is 305 g/mol. The van der Waals surface area contributed by atoms with Crippen LogP contribution >= 0.6 is 0 Å². The third-order valence-corrected chi connectivity index (χ3v) is 2.28. The lowest BCUT2D eigenvalue weighted by Gasteiger charge is -2.12. The van der Waals surface area contributed by atoms with Crippen LogP contribution in [0.25, 0.3) is 0 Å². The number of hydrogen-bond acceptors (Lipinski definition) is 4. The lowest BCUT2D eigenvalue weighted by Crippen LogP contribution is -2.16. The van der Waals surface area contributed by atoms with Gasteiger partial charge < -0.3 is 4.74 Å². The number of methoxy groups -OCH3 is 1. The summed E-state index contributed by atoms with van der Waals surface area (Å²) in [7, 11) is 0.918. The molecule has 0 fully saturated rings. The molecule has 0 aliphatic rings. The van der Waals surface area contributed by atoms with Crippen LogP contribution in [-0.2, 0) is 4.74 Å². The maximum absolute atomic E-state index is 13.0. The molecule has 5 nitrogen and oxygen atoms in total. The first kappa shape index (κ1) is 16.6. The summed E-state index contributed by atoms with van der Waals surface area (Å²) >= 11 is 0. The monoisotopic (exact) mass is 305 g/mol. The molecule has 0 atom stereocenters. The second kappa shape index (κ2) is 6.33. The van der Waals surface area contributed by atoms with Crippen molar-refractivity contribution in [1.29, 1.82) is 0 Å². The number of nitrogens with one attached hydrogen (secondary N) is 1. The smallest absolute Gasteiger partial charge is 0.424 e. The van der Waals surface area contributed by atoms with E-state index in [9.17, 15) is 22.4 Å². The van der Waals surface area contributed by atoms with Crippen LogP contribution < -0.4 is 5.56 Å². The Balaban J connectivity index is 3.38. The molecule has 1 N–H and O–H groups in total. The van der Waals surface area contributed by atoms with Gasteiger partial charge in [-0.2, -0.15) is 18.3 Å². The number of aromatic amines is 1. The van der Waals surface area contributed by atoms with Gasteiger partial charge in [0.2, 0.25) is 5.88 Å². The highest BCUT2D eigenvalue weighted by Gasteiger charge is 2.40. The number of allylic oxidation sites excluding steroid dienone is 2. The fourth-order valence-electron chi connectivity index (χ4n) is 1.35. The lowest BCUT2D eigenvalue weighted by atomic mass is 10.2. The van der Waals surface area contributed by atoms with Gasteiger partial charge in [0.15, 0.2) is 5.57 Å². The predicted molar refractivity (Wildman–Crippen MR) is 67.4 cm³/mol. The van der Waals surface area contributed by atoms with Crippen molar-refractivity contribution in [1.82, 2.24) is 10.2 Å². The van der Waals surface area contributed by atoms with Crippen molar-refractivity contribution in [2.45, 2.75) is 13.1 Å². The molecule has 114 valence electrons. The van der Waals surface area contributed by atoms with Crippen LogP contribution in [0.1, 0.15) is 12.6 Å². The van der Waals surface area contributed by atoms with E-state index < -0.39 is 29.0 Å². The molecule has 0 radical (unpaired) electrons.